The van der Waals surface area contributed by atoms with E-state index in [0.29, 0.717) is 10.9 Å². The zero-order valence-electron chi connectivity index (χ0n) is 13.4. The molecule has 2 N–H and O–H groups in total. The Kier molecular flexibility index (Phi) is 7.75. The van der Waals surface area contributed by atoms with Gasteiger partial charge in [-0.05, 0) is 38.6 Å². The van der Waals surface area contributed by atoms with E-state index in [1.54, 1.807) is 18.2 Å². The summed E-state index contributed by atoms with van der Waals surface area (Å²) in [6, 6.07) is 7.30. The van der Waals surface area contributed by atoms with Crippen molar-refractivity contribution >= 4 is 15.7 Å². The number of benzene rings is 1. The Labute approximate surface area is 129 Å². The van der Waals surface area contributed by atoms with Gasteiger partial charge in [0.1, 0.15) is 0 Å². The number of sulfonamides is 1. The predicted molar refractivity (Wildman–Crippen MR) is 89.1 cm³/mol. The van der Waals surface area contributed by atoms with E-state index in [1.165, 1.54) is 39.2 Å². The van der Waals surface area contributed by atoms with Crippen molar-refractivity contribution in [2.45, 2.75) is 63.3 Å². The molecule has 0 saturated heterocycles. The first-order valence-electron chi connectivity index (χ1n) is 7.79. The molecule has 0 amide bonds. The van der Waals surface area contributed by atoms with Gasteiger partial charge in [0.05, 0.1) is 4.90 Å². The van der Waals surface area contributed by atoms with Gasteiger partial charge in [-0.1, -0.05) is 45.1 Å². The fourth-order valence-electron chi connectivity index (χ4n) is 2.28. The number of unbranched alkanes of at least 4 members (excludes halogenated alkanes) is 4. The fraction of sp³-hybridized carbons (Fsp3) is 0.625. The van der Waals surface area contributed by atoms with Gasteiger partial charge >= 0.3 is 0 Å². The molecule has 1 rings (SSSR count). The molecule has 21 heavy (non-hydrogen) atoms. The van der Waals surface area contributed by atoms with E-state index in [2.05, 4.69) is 23.9 Å². The minimum absolute atomic E-state index is 0.296. The van der Waals surface area contributed by atoms with Crippen LogP contribution in [0.5, 0.6) is 0 Å². The van der Waals surface area contributed by atoms with Crippen LogP contribution in [0.1, 0.15) is 52.4 Å². The topological polar surface area (TPSA) is 58.2 Å². The van der Waals surface area contributed by atoms with Crippen LogP contribution in [0.15, 0.2) is 29.2 Å². The van der Waals surface area contributed by atoms with Crippen LogP contribution in [-0.2, 0) is 10.0 Å². The second kappa shape index (κ2) is 9.05. The number of anilines is 1. The highest BCUT2D eigenvalue weighted by Crippen LogP contribution is 2.17. The molecule has 0 aliphatic carbocycles. The van der Waals surface area contributed by atoms with Crippen molar-refractivity contribution in [3.05, 3.63) is 24.3 Å². The van der Waals surface area contributed by atoms with Crippen LogP contribution in [-0.4, -0.2) is 21.5 Å². The van der Waals surface area contributed by atoms with Crippen molar-refractivity contribution in [3.63, 3.8) is 0 Å². The summed E-state index contributed by atoms with van der Waals surface area (Å²) in [4.78, 5) is 0.296. The molecular formula is C16H28N2O2S. The Bertz CT molecular complexity index is 515. The van der Waals surface area contributed by atoms with E-state index in [4.69, 9.17) is 0 Å². The second-order valence-electron chi connectivity index (χ2n) is 5.48. The molecule has 0 aromatic heterocycles. The molecule has 0 fully saturated rings. The molecule has 0 radical (unpaired) electrons. The van der Waals surface area contributed by atoms with Gasteiger partial charge in [0.25, 0.3) is 0 Å². The Balaban J connectivity index is 2.49. The van der Waals surface area contributed by atoms with E-state index in [0.717, 1.165) is 12.1 Å². The molecule has 120 valence electrons. The standard InChI is InChI=1S/C16H28N2O2S/c1-4-5-6-7-8-10-14(2)18-15-11-9-12-16(13-15)21(19,20)17-3/h9,11-14,17-18H,4-8,10H2,1-3H3. The molecule has 1 aromatic rings. The Morgan fingerprint density at radius 1 is 1.14 bits per heavy atom. The maximum atomic E-state index is 11.8. The third kappa shape index (κ3) is 6.48. The number of hydrogen-bond acceptors (Lipinski definition) is 3. The Hall–Kier alpha value is -1.07. The van der Waals surface area contributed by atoms with E-state index in [1.807, 2.05) is 6.07 Å². The van der Waals surface area contributed by atoms with Gasteiger partial charge in [0, 0.05) is 11.7 Å². The maximum absolute atomic E-state index is 11.8. The zero-order chi connectivity index (χ0) is 15.7. The van der Waals surface area contributed by atoms with Crippen LogP contribution >= 0.6 is 0 Å². The summed E-state index contributed by atoms with van der Waals surface area (Å²) in [6.07, 6.45) is 7.47. The van der Waals surface area contributed by atoms with Crippen molar-refractivity contribution in [2.75, 3.05) is 12.4 Å². The summed E-state index contributed by atoms with van der Waals surface area (Å²) < 4.78 is 25.9. The van der Waals surface area contributed by atoms with Crippen LogP contribution in [0.25, 0.3) is 0 Å². The molecule has 1 unspecified atom stereocenters. The molecule has 1 aromatic carbocycles. The summed E-state index contributed by atoms with van der Waals surface area (Å²) in [5, 5.41) is 3.38. The lowest BCUT2D eigenvalue weighted by Gasteiger charge is -2.16. The molecule has 0 aliphatic heterocycles. The van der Waals surface area contributed by atoms with Gasteiger partial charge in [0.15, 0.2) is 0 Å². The van der Waals surface area contributed by atoms with Crippen molar-refractivity contribution in [1.82, 2.24) is 4.72 Å². The zero-order valence-corrected chi connectivity index (χ0v) is 14.2. The monoisotopic (exact) mass is 312 g/mol. The first-order chi connectivity index (χ1) is 9.99. The number of nitrogens with one attached hydrogen (secondary N) is 2. The lowest BCUT2D eigenvalue weighted by Crippen LogP contribution is -2.19. The van der Waals surface area contributed by atoms with Crippen molar-refractivity contribution in [1.29, 1.82) is 0 Å². The van der Waals surface area contributed by atoms with Gasteiger partial charge in [-0.25, -0.2) is 13.1 Å². The largest absolute Gasteiger partial charge is 0.383 e. The summed E-state index contributed by atoms with van der Waals surface area (Å²) in [6.45, 7) is 4.36. The number of hydrogen-bond donors (Lipinski definition) is 2. The Morgan fingerprint density at radius 2 is 1.86 bits per heavy atom. The molecule has 0 spiro atoms. The average Bonchev–Trinajstić information content (AvgIpc) is 2.47. The predicted octanol–water partition coefficient (Wildman–Crippen LogP) is 3.76. The minimum atomic E-state index is -3.37. The number of rotatable bonds is 10. The van der Waals surface area contributed by atoms with Gasteiger partial charge in [-0.3, -0.25) is 0 Å². The maximum Gasteiger partial charge on any atom is 0.240 e. The summed E-state index contributed by atoms with van der Waals surface area (Å²) in [5.74, 6) is 0. The van der Waals surface area contributed by atoms with Gasteiger partial charge in [-0.2, -0.15) is 0 Å². The van der Waals surface area contributed by atoms with E-state index in [9.17, 15) is 8.42 Å². The van der Waals surface area contributed by atoms with Crippen LogP contribution in [0.3, 0.4) is 0 Å². The highest BCUT2D eigenvalue weighted by Gasteiger charge is 2.12. The van der Waals surface area contributed by atoms with Crippen molar-refractivity contribution < 1.29 is 8.42 Å². The SMILES string of the molecule is CCCCCCCC(C)Nc1cccc(S(=O)(=O)NC)c1. The third-order valence-electron chi connectivity index (χ3n) is 3.57. The van der Waals surface area contributed by atoms with Crippen LogP contribution < -0.4 is 10.0 Å². The van der Waals surface area contributed by atoms with E-state index < -0.39 is 10.0 Å². The molecule has 4 nitrogen and oxygen atoms in total. The fourth-order valence-corrected chi connectivity index (χ4v) is 3.06. The summed E-state index contributed by atoms with van der Waals surface area (Å²) in [5.41, 5.74) is 0.854. The highest BCUT2D eigenvalue weighted by atomic mass is 32.2. The van der Waals surface area contributed by atoms with Crippen LogP contribution in [0.2, 0.25) is 0 Å². The molecule has 0 saturated carbocycles. The van der Waals surface area contributed by atoms with Gasteiger partial charge < -0.3 is 5.32 Å². The quantitative estimate of drug-likeness (QED) is 0.647. The minimum Gasteiger partial charge on any atom is -0.383 e. The molecule has 0 heterocycles. The molecule has 0 bridgehead atoms. The highest BCUT2D eigenvalue weighted by molar-refractivity contribution is 7.89. The van der Waals surface area contributed by atoms with Gasteiger partial charge in [0.2, 0.25) is 10.0 Å². The Morgan fingerprint density at radius 3 is 2.52 bits per heavy atom. The van der Waals surface area contributed by atoms with Crippen molar-refractivity contribution in [2.24, 2.45) is 0 Å². The molecular weight excluding hydrogens is 284 g/mol. The summed E-state index contributed by atoms with van der Waals surface area (Å²) >= 11 is 0. The molecule has 5 heteroatoms. The van der Waals surface area contributed by atoms with Gasteiger partial charge in [-0.15, -0.1) is 0 Å². The van der Waals surface area contributed by atoms with Crippen LogP contribution in [0.4, 0.5) is 5.69 Å². The van der Waals surface area contributed by atoms with Crippen LogP contribution in [0, 0.1) is 0 Å². The molecule has 1 atom stereocenters. The smallest absolute Gasteiger partial charge is 0.240 e. The first kappa shape index (κ1) is 18.0. The lowest BCUT2D eigenvalue weighted by atomic mass is 10.1. The first-order valence-corrected chi connectivity index (χ1v) is 9.28. The second-order valence-corrected chi connectivity index (χ2v) is 7.37. The normalized spacial score (nSPS) is 13.1. The third-order valence-corrected chi connectivity index (χ3v) is 4.98. The summed E-state index contributed by atoms with van der Waals surface area (Å²) in [7, 11) is -1.95. The lowest BCUT2D eigenvalue weighted by molar-refractivity contribution is 0.578. The molecule has 0 aliphatic rings. The van der Waals surface area contributed by atoms with E-state index >= 15 is 0 Å². The van der Waals surface area contributed by atoms with Crippen molar-refractivity contribution in [3.8, 4) is 0 Å². The average molecular weight is 312 g/mol. The van der Waals surface area contributed by atoms with E-state index in [-0.39, 0.29) is 0 Å².